The van der Waals surface area contributed by atoms with E-state index >= 15 is 0 Å². The summed E-state index contributed by atoms with van der Waals surface area (Å²) in [5.41, 5.74) is 0. The topological polar surface area (TPSA) is 26.3 Å². The van der Waals surface area contributed by atoms with E-state index in [-0.39, 0.29) is 5.97 Å². The van der Waals surface area contributed by atoms with Crippen molar-refractivity contribution in [1.29, 1.82) is 0 Å². The second-order valence-corrected chi connectivity index (χ2v) is 13.6. The average Bonchev–Trinajstić information content (AvgIpc) is 3.03. The molecular weight excluding hydrogens is 536 g/mol. The van der Waals surface area contributed by atoms with Crippen molar-refractivity contribution < 1.29 is 9.53 Å². The van der Waals surface area contributed by atoms with E-state index in [4.69, 9.17) is 4.74 Å². The van der Waals surface area contributed by atoms with Gasteiger partial charge in [0.05, 0.1) is 6.61 Å². The lowest BCUT2D eigenvalue weighted by molar-refractivity contribution is -0.143. The minimum absolute atomic E-state index is 0.0204. The molecule has 0 aliphatic carbocycles. The predicted molar refractivity (Wildman–Crippen MR) is 198 cm³/mol. The van der Waals surface area contributed by atoms with Gasteiger partial charge in [-0.15, -0.1) is 0 Å². The van der Waals surface area contributed by atoms with Gasteiger partial charge in [-0.3, -0.25) is 4.79 Å². The molecular formula is C42H80O2. The molecule has 0 unspecified atom stereocenters. The molecule has 0 aliphatic rings. The van der Waals surface area contributed by atoms with Crippen molar-refractivity contribution in [2.24, 2.45) is 0 Å². The highest BCUT2D eigenvalue weighted by Crippen LogP contribution is 2.14. The molecule has 0 radical (unpaired) electrons. The van der Waals surface area contributed by atoms with E-state index in [0.29, 0.717) is 13.0 Å². The molecule has 0 aromatic heterocycles. The fourth-order valence-corrected chi connectivity index (χ4v) is 6.01. The number of ether oxygens (including phenoxy) is 1. The Bertz CT molecular complexity index is 543. The van der Waals surface area contributed by atoms with Gasteiger partial charge in [-0.2, -0.15) is 0 Å². The van der Waals surface area contributed by atoms with Crippen molar-refractivity contribution in [1.82, 2.24) is 0 Å². The summed E-state index contributed by atoms with van der Waals surface area (Å²) in [5.74, 6) is 0.0204. The van der Waals surface area contributed by atoms with Crippen LogP contribution in [0.2, 0.25) is 0 Å². The summed E-state index contributed by atoms with van der Waals surface area (Å²) in [6.07, 6.45) is 54.0. The molecule has 2 heteroatoms. The minimum Gasteiger partial charge on any atom is -0.466 e. The van der Waals surface area contributed by atoms with Crippen molar-refractivity contribution in [2.45, 2.75) is 232 Å². The molecule has 0 rings (SSSR count). The maximum atomic E-state index is 12.0. The zero-order valence-corrected chi connectivity index (χ0v) is 30.4. The minimum atomic E-state index is 0.0204. The summed E-state index contributed by atoms with van der Waals surface area (Å²) in [5, 5.41) is 0. The van der Waals surface area contributed by atoms with Crippen LogP contribution in [0.3, 0.4) is 0 Å². The average molecular weight is 617 g/mol. The Kier molecular flexibility index (Phi) is 39.0. The van der Waals surface area contributed by atoms with Crippen molar-refractivity contribution in [3.63, 3.8) is 0 Å². The molecule has 2 nitrogen and oxygen atoms in total. The van der Waals surface area contributed by atoms with Gasteiger partial charge in [0.25, 0.3) is 0 Å². The fraction of sp³-hybridized carbons (Fsp3) is 0.881. The highest BCUT2D eigenvalue weighted by Gasteiger charge is 2.02. The number of allylic oxidation sites excluding steroid dienone is 4. The number of carbonyl (C=O) groups excluding carboxylic acids is 1. The van der Waals surface area contributed by atoms with Crippen LogP contribution in [0, 0.1) is 0 Å². The molecule has 260 valence electrons. The first-order valence-corrected chi connectivity index (χ1v) is 20.3. The van der Waals surface area contributed by atoms with Gasteiger partial charge in [-0.05, 0) is 64.2 Å². The van der Waals surface area contributed by atoms with Crippen molar-refractivity contribution in [2.75, 3.05) is 6.61 Å². The second kappa shape index (κ2) is 40.0. The van der Waals surface area contributed by atoms with Crippen LogP contribution >= 0.6 is 0 Å². The third-order valence-corrected chi connectivity index (χ3v) is 9.06. The van der Waals surface area contributed by atoms with Gasteiger partial charge in [0.2, 0.25) is 0 Å². The Morgan fingerprint density at radius 2 is 0.636 bits per heavy atom. The summed E-state index contributed by atoms with van der Waals surface area (Å²) >= 11 is 0. The van der Waals surface area contributed by atoms with Crippen molar-refractivity contribution in [3.8, 4) is 0 Å². The molecule has 44 heavy (non-hydrogen) atoms. The van der Waals surface area contributed by atoms with Gasteiger partial charge in [0.1, 0.15) is 0 Å². The van der Waals surface area contributed by atoms with Gasteiger partial charge in [0.15, 0.2) is 0 Å². The Balaban J connectivity index is 3.21. The van der Waals surface area contributed by atoms with E-state index in [2.05, 4.69) is 38.2 Å². The maximum Gasteiger partial charge on any atom is 0.305 e. The van der Waals surface area contributed by atoms with E-state index in [0.717, 1.165) is 12.8 Å². The Hall–Kier alpha value is -1.05. The highest BCUT2D eigenvalue weighted by molar-refractivity contribution is 5.69. The smallest absolute Gasteiger partial charge is 0.305 e. The third-order valence-electron chi connectivity index (χ3n) is 9.06. The quantitative estimate of drug-likeness (QED) is 0.0394. The Morgan fingerprint density at radius 1 is 0.364 bits per heavy atom. The van der Waals surface area contributed by atoms with Crippen LogP contribution in [-0.2, 0) is 9.53 Å². The van der Waals surface area contributed by atoms with E-state index < -0.39 is 0 Å². The van der Waals surface area contributed by atoms with Gasteiger partial charge in [-0.1, -0.05) is 186 Å². The molecule has 0 amide bonds. The number of rotatable bonds is 37. The first-order chi connectivity index (χ1) is 21.8. The largest absolute Gasteiger partial charge is 0.466 e. The van der Waals surface area contributed by atoms with Crippen LogP contribution in [0.4, 0.5) is 0 Å². The molecule has 0 N–H and O–H groups in total. The number of carbonyl (C=O) groups is 1. The summed E-state index contributed by atoms with van der Waals surface area (Å²) < 4.78 is 5.46. The lowest BCUT2D eigenvalue weighted by Crippen LogP contribution is -2.05. The maximum absolute atomic E-state index is 12.0. The van der Waals surface area contributed by atoms with Crippen LogP contribution < -0.4 is 0 Å². The van der Waals surface area contributed by atoms with Crippen molar-refractivity contribution in [3.05, 3.63) is 24.3 Å². The molecule has 0 saturated carbocycles. The normalized spacial score (nSPS) is 11.8. The van der Waals surface area contributed by atoms with Gasteiger partial charge in [-0.25, -0.2) is 0 Å². The first-order valence-electron chi connectivity index (χ1n) is 20.3. The number of hydrogen-bond acceptors (Lipinski definition) is 2. The van der Waals surface area contributed by atoms with E-state index in [1.54, 1.807) is 0 Å². The molecule has 0 spiro atoms. The molecule has 0 aromatic rings. The van der Waals surface area contributed by atoms with Crippen LogP contribution in [0.1, 0.15) is 232 Å². The van der Waals surface area contributed by atoms with Crippen LogP contribution in [0.5, 0.6) is 0 Å². The zero-order valence-electron chi connectivity index (χ0n) is 30.4. The van der Waals surface area contributed by atoms with Crippen LogP contribution in [0.25, 0.3) is 0 Å². The summed E-state index contributed by atoms with van der Waals surface area (Å²) in [6.45, 7) is 5.19. The van der Waals surface area contributed by atoms with Crippen LogP contribution in [0.15, 0.2) is 24.3 Å². The summed E-state index contributed by atoms with van der Waals surface area (Å²) in [6, 6.07) is 0. The second-order valence-electron chi connectivity index (χ2n) is 13.6. The van der Waals surface area contributed by atoms with Crippen LogP contribution in [-0.4, -0.2) is 12.6 Å². The van der Waals surface area contributed by atoms with E-state index in [9.17, 15) is 4.79 Å². The lowest BCUT2D eigenvalue weighted by atomic mass is 10.1. The monoisotopic (exact) mass is 617 g/mol. The lowest BCUT2D eigenvalue weighted by Gasteiger charge is -2.05. The third kappa shape index (κ3) is 39.0. The molecule has 0 fully saturated rings. The van der Waals surface area contributed by atoms with E-state index in [1.807, 2.05) is 0 Å². The number of esters is 1. The Labute approximate surface area is 278 Å². The highest BCUT2D eigenvalue weighted by atomic mass is 16.5. The van der Waals surface area contributed by atoms with Gasteiger partial charge < -0.3 is 4.74 Å². The molecule has 0 aliphatic heterocycles. The van der Waals surface area contributed by atoms with Gasteiger partial charge in [0, 0.05) is 6.42 Å². The molecule has 0 saturated heterocycles. The summed E-state index contributed by atoms with van der Waals surface area (Å²) in [4.78, 5) is 12.0. The predicted octanol–water partition coefficient (Wildman–Crippen LogP) is 14.9. The van der Waals surface area contributed by atoms with E-state index in [1.165, 1.54) is 199 Å². The number of hydrogen-bond donors (Lipinski definition) is 0. The standard InChI is InChI=1S/C42H80O2/c1-3-5-7-9-11-13-15-17-19-21-23-24-26-28-30-32-34-36-38-40-42(43)44-41-39-37-35-33-31-29-27-25-22-20-18-16-14-12-10-8-6-4-2/h17-20H,3-16,21-41H2,1-2H3/b19-17+,20-18+. The zero-order chi connectivity index (χ0) is 31.9. The summed E-state index contributed by atoms with van der Waals surface area (Å²) in [7, 11) is 0. The van der Waals surface area contributed by atoms with Crippen molar-refractivity contribution >= 4 is 5.97 Å². The first kappa shape index (κ1) is 43.0. The Morgan fingerprint density at radius 3 is 0.977 bits per heavy atom. The number of unbranched alkanes of at least 4 members (excludes halogenated alkanes) is 29. The molecule has 0 aromatic carbocycles. The molecule has 0 heterocycles. The molecule has 0 bridgehead atoms. The molecule has 0 atom stereocenters. The van der Waals surface area contributed by atoms with Gasteiger partial charge >= 0.3 is 5.97 Å². The SMILES string of the molecule is CCCCCCCC/C=C/CCCCCCCCCCCC(=O)OCCCCCCCCCC/C=C/CCCCCCCC. The fourth-order valence-electron chi connectivity index (χ4n) is 6.01.